The van der Waals surface area contributed by atoms with Gasteiger partial charge in [-0.3, -0.25) is 4.79 Å². The first-order valence-electron chi connectivity index (χ1n) is 7.29. The van der Waals surface area contributed by atoms with E-state index in [0.717, 1.165) is 36.1 Å². The minimum atomic E-state index is -0.0907. The number of likely N-dealkylation sites (N-methyl/N-ethyl adjacent to an activating group) is 1. The first-order valence-corrected chi connectivity index (χ1v) is 9.33. The number of carbonyl (C=O) groups excluding carboxylic acids is 1. The highest BCUT2D eigenvalue weighted by Gasteiger charge is 2.20. The van der Waals surface area contributed by atoms with E-state index in [1.165, 1.54) is 11.3 Å². The number of thioether (sulfide) groups is 1. The molecular formula is C14H26N4OS2. The van der Waals surface area contributed by atoms with Crippen molar-refractivity contribution in [2.24, 2.45) is 0 Å². The third kappa shape index (κ3) is 4.79. The first kappa shape index (κ1) is 18.1. The molecule has 1 heterocycles. The standard InChI is InChI=1S/C14H26N4OS2/c1-5-16-13(19)11-10(15)12(20-4)14(21-11)17-8-9-18(6-2)7-3/h17H,5-9,15H2,1-4H3,(H,16,19). The Labute approximate surface area is 135 Å². The molecule has 7 heteroatoms. The average molecular weight is 331 g/mol. The highest BCUT2D eigenvalue weighted by atomic mass is 32.2. The number of hydrogen-bond donors (Lipinski definition) is 3. The predicted octanol–water partition coefficient (Wildman–Crippen LogP) is 2.56. The van der Waals surface area contributed by atoms with E-state index < -0.39 is 0 Å². The molecule has 120 valence electrons. The molecule has 0 bridgehead atoms. The maximum atomic E-state index is 12.0. The molecule has 0 aliphatic carbocycles. The number of nitrogens with two attached hydrogens (primary N) is 1. The number of rotatable bonds is 9. The Hall–Kier alpha value is -0.920. The van der Waals surface area contributed by atoms with Crippen molar-refractivity contribution in [1.82, 2.24) is 10.2 Å². The number of nitrogens with zero attached hydrogens (tertiary/aromatic N) is 1. The van der Waals surface area contributed by atoms with Gasteiger partial charge < -0.3 is 21.3 Å². The van der Waals surface area contributed by atoms with Gasteiger partial charge in [-0.1, -0.05) is 13.8 Å². The second-order valence-corrected chi connectivity index (χ2v) is 6.36. The van der Waals surface area contributed by atoms with E-state index in [2.05, 4.69) is 29.4 Å². The Bertz CT molecular complexity index is 458. The van der Waals surface area contributed by atoms with Crippen molar-refractivity contribution in [3.63, 3.8) is 0 Å². The molecule has 0 saturated heterocycles. The summed E-state index contributed by atoms with van der Waals surface area (Å²) in [6.07, 6.45) is 1.98. The zero-order valence-electron chi connectivity index (χ0n) is 13.3. The fraction of sp³-hybridized carbons (Fsp3) is 0.643. The zero-order chi connectivity index (χ0) is 15.8. The summed E-state index contributed by atoms with van der Waals surface area (Å²) in [6, 6.07) is 0. The number of carbonyl (C=O) groups is 1. The summed E-state index contributed by atoms with van der Waals surface area (Å²) in [5.41, 5.74) is 6.69. The Morgan fingerprint density at radius 1 is 1.33 bits per heavy atom. The molecule has 4 N–H and O–H groups in total. The van der Waals surface area contributed by atoms with Gasteiger partial charge in [0.2, 0.25) is 0 Å². The van der Waals surface area contributed by atoms with Crippen molar-refractivity contribution < 1.29 is 4.79 Å². The Morgan fingerprint density at radius 3 is 2.52 bits per heavy atom. The van der Waals surface area contributed by atoms with Crippen molar-refractivity contribution in [3.8, 4) is 0 Å². The second kappa shape index (κ2) is 9.17. The molecule has 0 aromatic carbocycles. The van der Waals surface area contributed by atoms with Crippen LogP contribution in [0.1, 0.15) is 30.4 Å². The Balaban J connectivity index is 2.77. The van der Waals surface area contributed by atoms with Crippen LogP contribution in [0.4, 0.5) is 10.7 Å². The van der Waals surface area contributed by atoms with E-state index in [0.29, 0.717) is 17.1 Å². The van der Waals surface area contributed by atoms with Crippen LogP contribution in [0, 0.1) is 0 Å². The predicted molar refractivity (Wildman–Crippen MR) is 94.8 cm³/mol. The van der Waals surface area contributed by atoms with Gasteiger partial charge in [-0.2, -0.15) is 0 Å². The number of amides is 1. The summed E-state index contributed by atoms with van der Waals surface area (Å²) in [4.78, 5) is 15.9. The van der Waals surface area contributed by atoms with E-state index in [-0.39, 0.29) is 5.91 Å². The van der Waals surface area contributed by atoms with Gasteiger partial charge in [0.25, 0.3) is 5.91 Å². The Kier molecular flexibility index (Phi) is 7.92. The quantitative estimate of drug-likeness (QED) is 0.607. The SMILES string of the molecule is CCNC(=O)c1sc(NCCN(CC)CC)c(SC)c1N. The molecule has 21 heavy (non-hydrogen) atoms. The number of hydrogen-bond acceptors (Lipinski definition) is 6. The van der Waals surface area contributed by atoms with Crippen molar-refractivity contribution in [2.75, 3.05) is 50.0 Å². The molecular weight excluding hydrogens is 304 g/mol. The summed E-state index contributed by atoms with van der Waals surface area (Å²) < 4.78 is 0. The van der Waals surface area contributed by atoms with Crippen LogP contribution >= 0.6 is 23.1 Å². The third-order valence-electron chi connectivity index (χ3n) is 3.26. The van der Waals surface area contributed by atoms with Gasteiger partial charge >= 0.3 is 0 Å². The monoisotopic (exact) mass is 330 g/mol. The minimum Gasteiger partial charge on any atom is -0.396 e. The molecule has 0 aliphatic heterocycles. The zero-order valence-corrected chi connectivity index (χ0v) is 14.9. The molecule has 0 radical (unpaired) electrons. The summed E-state index contributed by atoms with van der Waals surface area (Å²) in [5, 5.41) is 7.22. The summed E-state index contributed by atoms with van der Waals surface area (Å²) in [6.45, 7) is 10.8. The number of thiophene rings is 1. The number of nitrogen functional groups attached to an aromatic ring is 1. The van der Waals surface area contributed by atoms with Crippen LogP contribution in [-0.2, 0) is 0 Å². The van der Waals surface area contributed by atoms with Gasteiger partial charge in [-0.05, 0) is 26.3 Å². The molecule has 1 rings (SSSR count). The van der Waals surface area contributed by atoms with E-state index >= 15 is 0 Å². The normalized spacial score (nSPS) is 10.9. The van der Waals surface area contributed by atoms with Crippen molar-refractivity contribution >= 4 is 39.7 Å². The van der Waals surface area contributed by atoms with Crippen LogP contribution < -0.4 is 16.4 Å². The lowest BCUT2D eigenvalue weighted by Crippen LogP contribution is -2.28. The summed E-state index contributed by atoms with van der Waals surface area (Å²) in [5.74, 6) is -0.0907. The molecule has 1 amide bonds. The molecule has 0 aliphatic rings. The average Bonchev–Trinajstić information content (AvgIpc) is 2.80. The van der Waals surface area contributed by atoms with Crippen LogP contribution in [-0.4, -0.2) is 49.8 Å². The third-order valence-corrected chi connectivity index (χ3v) is 5.38. The van der Waals surface area contributed by atoms with Gasteiger partial charge in [0.05, 0.1) is 10.6 Å². The van der Waals surface area contributed by atoms with Crippen LogP contribution in [0.3, 0.4) is 0 Å². The maximum absolute atomic E-state index is 12.0. The lowest BCUT2D eigenvalue weighted by atomic mass is 10.3. The lowest BCUT2D eigenvalue weighted by molar-refractivity contribution is 0.0960. The van der Waals surface area contributed by atoms with Gasteiger partial charge in [-0.25, -0.2) is 0 Å². The lowest BCUT2D eigenvalue weighted by Gasteiger charge is -2.18. The molecule has 0 saturated carbocycles. The van der Waals surface area contributed by atoms with Gasteiger partial charge in [0.15, 0.2) is 0 Å². The van der Waals surface area contributed by atoms with E-state index in [4.69, 9.17) is 5.73 Å². The van der Waals surface area contributed by atoms with E-state index in [1.807, 2.05) is 13.2 Å². The molecule has 1 aromatic heterocycles. The fourth-order valence-corrected chi connectivity index (χ4v) is 4.00. The largest absolute Gasteiger partial charge is 0.396 e. The van der Waals surface area contributed by atoms with E-state index in [9.17, 15) is 4.79 Å². The topological polar surface area (TPSA) is 70.4 Å². The molecule has 0 spiro atoms. The maximum Gasteiger partial charge on any atom is 0.263 e. The number of anilines is 2. The van der Waals surface area contributed by atoms with Crippen molar-refractivity contribution in [1.29, 1.82) is 0 Å². The van der Waals surface area contributed by atoms with Gasteiger partial charge in [0, 0.05) is 19.6 Å². The molecule has 5 nitrogen and oxygen atoms in total. The summed E-state index contributed by atoms with van der Waals surface area (Å²) >= 11 is 3.02. The van der Waals surface area contributed by atoms with Crippen molar-refractivity contribution in [3.05, 3.63) is 4.88 Å². The highest BCUT2D eigenvalue weighted by molar-refractivity contribution is 7.99. The van der Waals surface area contributed by atoms with Crippen LogP contribution in [0.5, 0.6) is 0 Å². The summed E-state index contributed by atoms with van der Waals surface area (Å²) in [7, 11) is 0. The fourth-order valence-electron chi connectivity index (χ4n) is 2.02. The second-order valence-electron chi connectivity index (χ2n) is 4.52. The first-order chi connectivity index (χ1) is 10.1. The highest BCUT2D eigenvalue weighted by Crippen LogP contribution is 2.41. The molecule has 1 aromatic rings. The van der Waals surface area contributed by atoms with E-state index in [1.54, 1.807) is 11.8 Å². The van der Waals surface area contributed by atoms with Crippen LogP contribution in [0.25, 0.3) is 0 Å². The minimum absolute atomic E-state index is 0.0907. The van der Waals surface area contributed by atoms with Crippen LogP contribution in [0.15, 0.2) is 4.90 Å². The molecule has 0 atom stereocenters. The number of nitrogens with one attached hydrogen (secondary N) is 2. The molecule has 0 fully saturated rings. The van der Waals surface area contributed by atoms with Crippen molar-refractivity contribution in [2.45, 2.75) is 25.7 Å². The Morgan fingerprint density at radius 2 is 2.00 bits per heavy atom. The van der Waals surface area contributed by atoms with Gasteiger partial charge in [0.1, 0.15) is 9.88 Å². The molecule has 0 unspecified atom stereocenters. The smallest absolute Gasteiger partial charge is 0.263 e. The van der Waals surface area contributed by atoms with Gasteiger partial charge in [-0.15, -0.1) is 23.1 Å². The van der Waals surface area contributed by atoms with Crippen LogP contribution in [0.2, 0.25) is 0 Å².